The zero-order valence-corrected chi connectivity index (χ0v) is 19.9. The van der Waals surface area contributed by atoms with E-state index in [1.807, 2.05) is 48.5 Å². The molecule has 3 aromatic rings. The SMILES string of the molecule is Cl.O=c1[nH]n(CCCN2CCN(c3cccc(Cl)c3)CC2)c(=O)n1CCOc1ccccc1. The molecule has 10 heteroatoms. The van der Waals surface area contributed by atoms with Crippen molar-refractivity contribution in [1.29, 1.82) is 0 Å². The maximum absolute atomic E-state index is 12.5. The second-order valence-corrected chi connectivity index (χ2v) is 8.26. The molecule has 0 spiro atoms. The van der Waals surface area contributed by atoms with Gasteiger partial charge in [-0.1, -0.05) is 35.9 Å². The van der Waals surface area contributed by atoms with Crippen LogP contribution in [0.4, 0.5) is 5.69 Å². The number of aryl methyl sites for hydroxylation is 1. The van der Waals surface area contributed by atoms with Crippen LogP contribution in [0.5, 0.6) is 5.75 Å². The number of piperazine rings is 1. The highest BCUT2D eigenvalue weighted by molar-refractivity contribution is 6.30. The summed E-state index contributed by atoms with van der Waals surface area (Å²) in [6.07, 6.45) is 0.789. The number of aromatic amines is 1. The number of nitrogens with zero attached hydrogens (tertiary/aromatic N) is 4. The number of H-pyrrole nitrogens is 1. The minimum atomic E-state index is -0.401. The average Bonchev–Trinajstić information content (AvgIpc) is 3.08. The number of ether oxygens (including phenoxy) is 1. The predicted octanol–water partition coefficient (Wildman–Crippen LogP) is 2.70. The predicted molar refractivity (Wildman–Crippen MR) is 133 cm³/mol. The molecule has 2 aromatic carbocycles. The van der Waals surface area contributed by atoms with Crippen LogP contribution in [0.3, 0.4) is 0 Å². The molecule has 8 nitrogen and oxygen atoms in total. The van der Waals surface area contributed by atoms with Gasteiger partial charge in [-0.2, -0.15) is 0 Å². The molecule has 1 fully saturated rings. The largest absolute Gasteiger partial charge is 0.492 e. The average molecular weight is 494 g/mol. The minimum Gasteiger partial charge on any atom is -0.492 e. The molecule has 0 amide bonds. The zero-order valence-electron chi connectivity index (χ0n) is 18.4. The molecule has 0 atom stereocenters. The number of benzene rings is 2. The third-order valence-corrected chi connectivity index (χ3v) is 5.90. The quantitative estimate of drug-likeness (QED) is 0.495. The molecule has 0 radical (unpaired) electrons. The summed E-state index contributed by atoms with van der Waals surface area (Å²) in [5.41, 5.74) is 0.429. The molecule has 1 saturated heterocycles. The van der Waals surface area contributed by atoms with E-state index in [0.717, 1.165) is 49.9 Å². The molecule has 1 aliphatic rings. The summed E-state index contributed by atoms with van der Waals surface area (Å²) in [7, 11) is 0. The van der Waals surface area contributed by atoms with Crippen molar-refractivity contribution in [3.63, 3.8) is 0 Å². The first-order valence-electron chi connectivity index (χ1n) is 10.9. The molecule has 2 heterocycles. The third-order valence-electron chi connectivity index (χ3n) is 5.67. The Morgan fingerprint density at radius 3 is 2.39 bits per heavy atom. The van der Waals surface area contributed by atoms with E-state index in [1.165, 1.54) is 9.25 Å². The number of anilines is 1. The molecule has 1 N–H and O–H groups in total. The molecule has 0 unspecified atom stereocenters. The van der Waals surface area contributed by atoms with Gasteiger partial charge in [0.15, 0.2) is 0 Å². The van der Waals surface area contributed by atoms with Crippen LogP contribution in [0.2, 0.25) is 5.02 Å². The van der Waals surface area contributed by atoms with Crippen LogP contribution in [0.15, 0.2) is 64.2 Å². The smallest absolute Gasteiger partial charge is 0.347 e. The Labute approximate surface area is 203 Å². The van der Waals surface area contributed by atoms with Gasteiger partial charge in [0.05, 0.1) is 6.54 Å². The van der Waals surface area contributed by atoms with Crippen LogP contribution in [-0.4, -0.2) is 58.6 Å². The van der Waals surface area contributed by atoms with Gasteiger partial charge in [-0.05, 0) is 36.8 Å². The van der Waals surface area contributed by atoms with E-state index in [9.17, 15) is 9.59 Å². The minimum absolute atomic E-state index is 0. The van der Waals surface area contributed by atoms with Gasteiger partial charge in [-0.25, -0.2) is 23.9 Å². The molecular weight excluding hydrogens is 465 g/mol. The number of hydrogen-bond donors (Lipinski definition) is 1. The number of para-hydroxylation sites is 1. The Hall–Kier alpha value is -2.68. The van der Waals surface area contributed by atoms with Crippen molar-refractivity contribution in [3.05, 3.63) is 80.6 Å². The van der Waals surface area contributed by atoms with Crippen LogP contribution in [0, 0.1) is 0 Å². The summed E-state index contributed by atoms with van der Waals surface area (Å²) in [4.78, 5) is 29.4. The number of aromatic nitrogens is 3. The molecule has 1 aliphatic heterocycles. The molecule has 0 bridgehead atoms. The Morgan fingerprint density at radius 2 is 1.67 bits per heavy atom. The van der Waals surface area contributed by atoms with E-state index in [-0.39, 0.29) is 31.2 Å². The molecule has 1 aromatic heterocycles. The topological polar surface area (TPSA) is 75.5 Å². The summed E-state index contributed by atoms with van der Waals surface area (Å²) in [6.45, 7) is 5.61. The fourth-order valence-corrected chi connectivity index (χ4v) is 4.12. The first-order chi connectivity index (χ1) is 15.6. The maximum atomic E-state index is 12.5. The van der Waals surface area contributed by atoms with Crippen molar-refractivity contribution >= 4 is 29.7 Å². The lowest BCUT2D eigenvalue weighted by Gasteiger charge is -2.36. The lowest BCUT2D eigenvalue weighted by Crippen LogP contribution is -2.46. The first-order valence-corrected chi connectivity index (χ1v) is 11.3. The van der Waals surface area contributed by atoms with E-state index in [0.29, 0.717) is 12.3 Å². The highest BCUT2D eigenvalue weighted by Gasteiger charge is 2.17. The van der Waals surface area contributed by atoms with E-state index in [1.54, 1.807) is 0 Å². The Kier molecular flexibility index (Phi) is 9.05. The highest BCUT2D eigenvalue weighted by atomic mass is 35.5. The van der Waals surface area contributed by atoms with Gasteiger partial charge < -0.3 is 9.64 Å². The summed E-state index contributed by atoms with van der Waals surface area (Å²) < 4.78 is 8.18. The van der Waals surface area contributed by atoms with Gasteiger partial charge in [0.2, 0.25) is 0 Å². The van der Waals surface area contributed by atoms with Crippen molar-refractivity contribution in [3.8, 4) is 5.75 Å². The van der Waals surface area contributed by atoms with Crippen molar-refractivity contribution in [2.24, 2.45) is 0 Å². The van der Waals surface area contributed by atoms with Crippen LogP contribution in [0.25, 0.3) is 0 Å². The summed E-state index contributed by atoms with van der Waals surface area (Å²) in [5, 5.41) is 3.40. The van der Waals surface area contributed by atoms with Gasteiger partial charge in [0, 0.05) is 50.0 Å². The molecule has 4 rings (SSSR count). The van der Waals surface area contributed by atoms with Gasteiger partial charge in [-0.15, -0.1) is 12.4 Å². The summed E-state index contributed by atoms with van der Waals surface area (Å²) in [6, 6.07) is 17.3. The van der Waals surface area contributed by atoms with Gasteiger partial charge in [0.25, 0.3) is 0 Å². The van der Waals surface area contributed by atoms with Crippen LogP contribution in [-0.2, 0) is 13.1 Å². The number of nitrogens with one attached hydrogen (secondary N) is 1. The van der Waals surface area contributed by atoms with Crippen molar-refractivity contribution < 1.29 is 4.74 Å². The fraction of sp³-hybridized carbons (Fsp3) is 0.391. The zero-order chi connectivity index (χ0) is 22.3. The third kappa shape index (κ3) is 6.66. The maximum Gasteiger partial charge on any atom is 0.347 e. The Bertz CT molecular complexity index is 1120. The molecule has 0 saturated carbocycles. The lowest BCUT2D eigenvalue weighted by molar-refractivity contribution is 0.248. The lowest BCUT2D eigenvalue weighted by atomic mass is 10.2. The highest BCUT2D eigenvalue weighted by Crippen LogP contribution is 2.20. The van der Waals surface area contributed by atoms with Crippen LogP contribution < -0.4 is 21.0 Å². The number of rotatable bonds is 9. The van der Waals surface area contributed by atoms with E-state index in [4.69, 9.17) is 16.3 Å². The number of hydrogen-bond acceptors (Lipinski definition) is 5. The van der Waals surface area contributed by atoms with Gasteiger partial charge in [0.1, 0.15) is 12.4 Å². The second-order valence-electron chi connectivity index (χ2n) is 7.83. The first kappa shape index (κ1) is 25.0. The van der Waals surface area contributed by atoms with Crippen molar-refractivity contribution in [2.45, 2.75) is 19.5 Å². The van der Waals surface area contributed by atoms with E-state index >= 15 is 0 Å². The van der Waals surface area contributed by atoms with Gasteiger partial charge >= 0.3 is 11.4 Å². The molecule has 33 heavy (non-hydrogen) atoms. The number of halogens is 2. The van der Waals surface area contributed by atoms with Crippen LogP contribution in [0.1, 0.15) is 6.42 Å². The molecule has 178 valence electrons. The van der Waals surface area contributed by atoms with E-state index in [2.05, 4.69) is 21.0 Å². The Morgan fingerprint density at radius 1 is 0.909 bits per heavy atom. The summed E-state index contributed by atoms with van der Waals surface area (Å²) >= 11 is 6.10. The monoisotopic (exact) mass is 493 g/mol. The fourth-order valence-electron chi connectivity index (χ4n) is 3.93. The van der Waals surface area contributed by atoms with Crippen molar-refractivity contribution in [2.75, 3.05) is 44.2 Å². The van der Waals surface area contributed by atoms with Crippen molar-refractivity contribution in [1.82, 2.24) is 19.2 Å². The van der Waals surface area contributed by atoms with Crippen LogP contribution >= 0.6 is 24.0 Å². The Balaban J connectivity index is 0.00000306. The van der Waals surface area contributed by atoms with Gasteiger partial charge in [-0.3, -0.25) is 4.90 Å². The van der Waals surface area contributed by atoms with E-state index < -0.39 is 5.69 Å². The molecular formula is C23H29Cl2N5O3. The molecule has 0 aliphatic carbocycles. The second kappa shape index (κ2) is 12.0. The standard InChI is InChI=1S/C23H28ClN5O3.ClH/c24-19-6-4-7-20(18-19)27-14-12-26(13-15-27)10-5-11-29-23(31)28(22(30)25-29)16-17-32-21-8-2-1-3-9-21;/h1-4,6-9,18H,5,10-17H2,(H,25,30);1H. The normalized spacial score (nSPS) is 14.2. The summed E-state index contributed by atoms with van der Waals surface area (Å²) in [5.74, 6) is 0.715.